The fourth-order valence-corrected chi connectivity index (χ4v) is 6.79. The summed E-state index contributed by atoms with van der Waals surface area (Å²) in [6, 6.07) is 6.08. The van der Waals surface area contributed by atoms with Gasteiger partial charge in [-0.25, -0.2) is 4.39 Å². The van der Waals surface area contributed by atoms with Crippen molar-refractivity contribution in [2.45, 2.75) is 76.0 Å². The molecular formula is C40H47FN6O10. The number of carbonyl (C=O) groups excluding carboxylic acids is 6. The molecule has 7 atom stereocenters. The monoisotopic (exact) mass is 790 g/mol. The number of ether oxygens (including phenoxy) is 2. The first kappa shape index (κ1) is 41.9. The Kier molecular flexibility index (Phi) is 12.7. The number of hydrogen-bond acceptors (Lipinski definition) is 10. The molecule has 3 aromatic rings. The molecule has 3 aliphatic heterocycles. The van der Waals surface area contributed by atoms with Crippen LogP contribution in [0.4, 0.5) is 4.39 Å². The number of phenols is 1. The molecule has 6 rings (SSSR count). The summed E-state index contributed by atoms with van der Waals surface area (Å²) in [6.07, 6.45) is -2.13. The highest BCUT2D eigenvalue weighted by Gasteiger charge is 2.42. The summed E-state index contributed by atoms with van der Waals surface area (Å²) in [5, 5.41) is 30.1. The zero-order valence-electron chi connectivity index (χ0n) is 32.6. The van der Waals surface area contributed by atoms with Crippen LogP contribution in [-0.2, 0) is 41.6 Å². The van der Waals surface area contributed by atoms with E-state index in [2.05, 4.69) is 16.0 Å². The van der Waals surface area contributed by atoms with Gasteiger partial charge in [0.25, 0.3) is 0 Å². The smallest absolute Gasteiger partial charge is 0.248 e. The van der Waals surface area contributed by atoms with Crippen molar-refractivity contribution in [3.05, 3.63) is 83.2 Å². The minimum absolute atomic E-state index is 0.0122. The molecule has 3 aromatic carbocycles. The van der Waals surface area contributed by atoms with Gasteiger partial charge in [0.15, 0.2) is 23.1 Å². The van der Waals surface area contributed by atoms with Gasteiger partial charge in [-0.3, -0.25) is 28.8 Å². The Hall–Kier alpha value is -6.23. The topological polar surface area (TPSA) is 207 Å². The van der Waals surface area contributed by atoms with Crippen molar-refractivity contribution in [1.82, 2.24) is 30.7 Å². The van der Waals surface area contributed by atoms with Crippen LogP contribution in [0.5, 0.6) is 23.0 Å². The lowest BCUT2D eigenvalue weighted by Gasteiger charge is -2.38. The number of likely N-dealkylation sites (N-methyl/N-ethyl adjacent to an activating group) is 3. The molecule has 3 aliphatic rings. The number of phenolic OH excluding ortho intramolecular Hbond substituents is 1. The fourth-order valence-electron chi connectivity index (χ4n) is 6.79. The molecule has 0 spiro atoms. The zero-order valence-corrected chi connectivity index (χ0v) is 32.6. The Bertz CT molecular complexity index is 2050. The fraction of sp³-hybridized carbons (Fsp3) is 0.400. The van der Waals surface area contributed by atoms with Crippen LogP contribution in [0, 0.1) is 5.82 Å². The maximum Gasteiger partial charge on any atom is 0.248 e. The number of halogens is 1. The van der Waals surface area contributed by atoms with Crippen LogP contribution < -0.4 is 25.4 Å². The molecule has 0 aliphatic carbocycles. The molecule has 1 saturated heterocycles. The number of hydrogen-bond donors (Lipinski definition) is 5. The van der Waals surface area contributed by atoms with E-state index in [0.717, 1.165) is 20.8 Å². The highest BCUT2D eigenvalue weighted by atomic mass is 19.1. The van der Waals surface area contributed by atoms with Crippen LogP contribution in [-0.4, -0.2) is 125 Å². The normalized spacial score (nSPS) is 25.5. The summed E-state index contributed by atoms with van der Waals surface area (Å²) < 4.78 is 26.4. The van der Waals surface area contributed by atoms with Crippen molar-refractivity contribution in [3.8, 4) is 23.0 Å². The van der Waals surface area contributed by atoms with Gasteiger partial charge >= 0.3 is 0 Å². The summed E-state index contributed by atoms with van der Waals surface area (Å²) in [5.41, 5.74) is 0.848. The van der Waals surface area contributed by atoms with Crippen LogP contribution in [0.2, 0.25) is 0 Å². The van der Waals surface area contributed by atoms with Gasteiger partial charge in [0.05, 0.1) is 7.11 Å². The number of nitrogens with one attached hydrogen (secondary N) is 3. The van der Waals surface area contributed by atoms with E-state index in [1.165, 1.54) is 79.4 Å². The van der Waals surface area contributed by atoms with E-state index in [-0.39, 0.29) is 35.7 Å². The average molecular weight is 791 g/mol. The van der Waals surface area contributed by atoms with Crippen LogP contribution in [0.3, 0.4) is 0 Å². The second-order valence-electron chi connectivity index (χ2n) is 14.3. The van der Waals surface area contributed by atoms with E-state index in [9.17, 15) is 39.0 Å². The molecule has 16 nitrogen and oxygen atoms in total. The summed E-state index contributed by atoms with van der Waals surface area (Å²) in [4.78, 5) is 87.3. The second-order valence-corrected chi connectivity index (χ2v) is 14.3. The van der Waals surface area contributed by atoms with Gasteiger partial charge < -0.3 is 50.3 Å². The number of aliphatic hydroxyl groups excluding tert-OH is 1. The Labute approximate surface area is 328 Å². The van der Waals surface area contributed by atoms with E-state index < -0.39 is 83.6 Å². The van der Waals surface area contributed by atoms with E-state index in [4.69, 9.17) is 9.47 Å². The third-order valence-corrected chi connectivity index (χ3v) is 10.3. The van der Waals surface area contributed by atoms with Gasteiger partial charge in [-0.15, -0.1) is 0 Å². The van der Waals surface area contributed by atoms with Gasteiger partial charge in [0.1, 0.15) is 48.1 Å². The number of amides is 6. The van der Waals surface area contributed by atoms with Gasteiger partial charge in [0, 0.05) is 34.0 Å². The number of benzene rings is 3. The highest BCUT2D eigenvalue weighted by molar-refractivity contribution is 5.98. The van der Waals surface area contributed by atoms with Crippen molar-refractivity contribution in [1.29, 1.82) is 0 Å². The van der Waals surface area contributed by atoms with Gasteiger partial charge in [-0.05, 0) is 73.9 Å². The van der Waals surface area contributed by atoms with Crippen molar-refractivity contribution in [2.75, 3.05) is 28.3 Å². The Morgan fingerprint density at radius 2 is 1.35 bits per heavy atom. The maximum atomic E-state index is 15.5. The van der Waals surface area contributed by atoms with E-state index in [1.54, 1.807) is 24.3 Å². The van der Waals surface area contributed by atoms with E-state index in [0.29, 0.717) is 16.9 Å². The van der Waals surface area contributed by atoms with E-state index in [1.807, 2.05) is 0 Å². The lowest BCUT2D eigenvalue weighted by atomic mass is 9.96. The maximum absolute atomic E-state index is 15.5. The number of rotatable bonds is 3. The second kappa shape index (κ2) is 17.3. The molecule has 0 saturated carbocycles. The lowest BCUT2D eigenvalue weighted by Crippen LogP contribution is -2.62. The third kappa shape index (κ3) is 9.09. The summed E-state index contributed by atoms with van der Waals surface area (Å²) in [7, 11) is 5.37. The highest BCUT2D eigenvalue weighted by Crippen LogP contribution is 2.35. The number of fused-ring (bicyclic) bond motifs is 2. The molecule has 5 N–H and O–H groups in total. The van der Waals surface area contributed by atoms with Crippen molar-refractivity contribution >= 4 is 35.4 Å². The third-order valence-electron chi connectivity index (χ3n) is 10.3. The van der Waals surface area contributed by atoms with Crippen LogP contribution >= 0.6 is 0 Å². The van der Waals surface area contributed by atoms with Crippen molar-refractivity contribution < 1.29 is 52.8 Å². The summed E-state index contributed by atoms with van der Waals surface area (Å²) in [5.74, 6) is -5.96. The molecule has 6 amide bonds. The van der Waals surface area contributed by atoms with E-state index >= 15 is 4.39 Å². The zero-order chi connectivity index (χ0) is 41.9. The number of aromatic hydroxyl groups is 1. The quantitative estimate of drug-likeness (QED) is 0.256. The molecule has 0 aromatic heterocycles. The molecular weight excluding hydrogens is 743 g/mol. The predicted octanol–water partition coefficient (Wildman–Crippen LogP) is 1.17. The van der Waals surface area contributed by atoms with Gasteiger partial charge in [0.2, 0.25) is 35.4 Å². The average Bonchev–Trinajstić information content (AvgIpc) is 3.18. The number of nitrogens with zero attached hydrogens (tertiary/aromatic N) is 3. The molecule has 17 heteroatoms. The number of carbonyl (C=O) groups is 6. The van der Waals surface area contributed by atoms with Crippen LogP contribution in [0.1, 0.15) is 43.6 Å². The standard InChI is InChI=1S/C40H47FN6O10/c1-20-35(50)43-21(2)38(53)45(4)28(16-23-8-12-26(56-7)13-9-23)37(52)44-22(3)39(54)47(6)33-34(49)25-11-15-31(27(41)19-25)57-32-18-24(10-14-30(32)48)17-29(36(51)42-20)46(5)40(33)55/h8-15,18-22,28-29,33-34,48-49H,16-17H2,1-7H3,(H,42,51)(H,43,50)(H,44,52)/t20-,21+,22+,28+,29+,33+,34+/m1/s1. The number of methoxy groups -OCH3 is 1. The Morgan fingerprint density at radius 1 is 0.737 bits per heavy atom. The Balaban J connectivity index is 1.61. The first-order valence-corrected chi connectivity index (χ1v) is 18.2. The first-order valence-electron chi connectivity index (χ1n) is 18.2. The molecule has 0 radical (unpaired) electrons. The minimum atomic E-state index is -1.89. The lowest BCUT2D eigenvalue weighted by molar-refractivity contribution is -0.153. The molecule has 1 fully saturated rings. The molecule has 304 valence electrons. The predicted molar refractivity (Wildman–Crippen MR) is 202 cm³/mol. The van der Waals surface area contributed by atoms with Crippen molar-refractivity contribution in [3.63, 3.8) is 0 Å². The minimum Gasteiger partial charge on any atom is -0.504 e. The molecule has 0 unspecified atom stereocenters. The summed E-state index contributed by atoms with van der Waals surface area (Å²) >= 11 is 0. The molecule has 6 bridgehead atoms. The number of aliphatic hydroxyl groups is 1. The van der Waals surface area contributed by atoms with Crippen LogP contribution in [0.25, 0.3) is 0 Å². The Morgan fingerprint density at radius 3 is 1.98 bits per heavy atom. The van der Waals surface area contributed by atoms with Gasteiger partial charge in [-0.2, -0.15) is 0 Å². The van der Waals surface area contributed by atoms with Crippen molar-refractivity contribution in [2.24, 2.45) is 0 Å². The molecule has 3 heterocycles. The largest absolute Gasteiger partial charge is 0.504 e. The molecule has 57 heavy (non-hydrogen) atoms. The summed E-state index contributed by atoms with van der Waals surface area (Å²) in [6.45, 7) is 4.16. The van der Waals surface area contributed by atoms with Gasteiger partial charge in [-0.1, -0.05) is 24.3 Å². The SMILES string of the molecule is COc1ccc(C[C@H]2C(=O)N[C@@H](C)C(=O)N(C)[C@@H]3C(=O)N(C)[C@@H](Cc4ccc(O)c(c4)Oc4ccc(cc4F)[C@@H]3O)C(=O)N[C@H](C)C(=O)N[C@@H](C)C(=O)N2C)cc1. The first-order chi connectivity index (χ1) is 26.9. The van der Waals surface area contributed by atoms with Crippen LogP contribution in [0.15, 0.2) is 60.7 Å².